The molecule has 0 radical (unpaired) electrons. The summed E-state index contributed by atoms with van der Waals surface area (Å²) in [5.41, 5.74) is 3.51. The largest absolute Gasteiger partial charge is 0.495 e. The highest BCUT2D eigenvalue weighted by molar-refractivity contribution is 7.17. The number of benzene rings is 1. The predicted molar refractivity (Wildman–Crippen MR) is 137 cm³/mol. The minimum absolute atomic E-state index is 0.110. The van der Waals surface area contributed by atoms with Crippen LogP contribution in [0.4, 0.5) is 5.69 Å². The molecule has 0 atom stereocenters. The molecule has 1 aliphatic carbocycles. The number of carbonyl (C=O) groups excluding carboxylic acids is 1. The summed E-state index contributed by atoms with van der Waals surface area (Å²) in [6, 6.07) is 11.8. The zero-order valence-electron chi connectivity index (χ0n) is 19.8. The minimum atomic E-state index is -0.110. The van der Waals surface area contributed by atoms with E-state index >= 15 is 0 Å². The Morgan fingerprint density at radius 1 is 1.09 bits per heavy atom. The number of aryl methyl sites for hydroxylation is 1. The molecule has 3 heterocycles. The van der Waals surface area contributed by atoms with Crippen molar-refractivity contribution < 1.29 is 14.3 Å². The standard InChI is InChI=1S/C27H31N3O3S/c1-29-13-10-23(11-14-29)33-22-8-6-21(7-9-22)32-18-19-4-3-5-20(16-19)28-27(31)25-17-26-24(30(25)2)12-15-34-26/h3-6,8,12,15-17,23H,7,9-11,13-14,18H2,1-2H3,(H,28,31). The van der Waals surface area contributed by atoms with E-state index in [1.807, 2.05) is 59.5 Å². The highest BCUT2D eigenvalue weighted by atomic mass is 32.1. The van der Waals surface area contributed by atoms with Crippen LogP contribution in [0.2, 0.25) is 0 Å². The molecule has 0 spiro atoms. The average molecular weight is 478 g/mol. The number of ether oxygens (including phenoxy) is 2. The lowest BCUT2D eigenvalue weighted by Crippen LogP contribution is -2.34. The molecule has 3 aromatic rings. The number of anilines is 1. The summed E-state index contributed by atoms with van der Waals surface area (Å²) in [4.78, 5) is 15.2. The Labute approximate surface area is 204 Å². The quantitative estimate of drug-likeness (QED) is 0.476. The third-order valence-electron chi connectivity index (χ3n) is 6.56. The van der Waals surface area contributed by atoms with Crippen molar-refractivity contribution in [3.05, 3.63) is 76.7 Å². The van der Waals surface area contributed by atoms with Gasteiger partial charge in [0.2, 0.25) is 0 Å². The topological polar surface area (TPSA) is 55.7 Å². The number of aromatic nitrogens is 1. The van der Waals surface area contributed by atoms with Crippen molar-refractivity contribution in [2.45, 2.75) is 38.4 Å². The number of hydrogen-bond acceptors (Lipinski definition) is 5. The van der Waals surface area contributed by atoms with Crippen LogP contribution < -0.4 is 5.32 Å². The van der Waals surface area contributed by atoms with Crippen LogP contribution in [0.25, 0.3) is 10.2 Å². The Balaban J connectivity index is 1.15. The van der Waals surface area contributed by atoms with E-state index in [2.05, 4.69) is 23.3 Å². The van der Waals surface area contributed by atoms with E-state index < -0.39 is 0 Å². The van der Waals surface area contributed by atoms with Crippen LogP contribution in [-0.2, 0) is 23.1 Å². The van der Waals surface area contributed by atoms with Crippen molar-refractivity contribution in [1.29, 1.82) is 0 Å². The zero-order chi connectivity index (χ0) is 23.5. The lowest BCUT2D eigenvalue weighted by molar-refractivity contribution is 0.0517. The molecule has 2 aliphatic rings. The van der Waals surface area contributed by atoms with Crippen molar-refractivity contribution in [2.24, 2.45) is 7.05 Å². The number of amides is 1. The lowest BCUT2D eigenvalue weighted by atomic mass is 10.1. The fourth-order valence-corrected chi connectivity index (χ4v) is 5.36. The maximum atomic E-state index is 12.8. The maximum Gasteiger partial charge on any atom is 0.272 e. The van der Waals surface area contributed by atoms with Gasteiger partial charge in [-0.05, 0) is 67.3 Å². The Morgan fingerprint density at radius 2 is 1.88 bits per heavy atom. The van der Waals surface area contributed by atoms with Crippen molar-refractivity contribution in [3.63, 3.8) is 0 Å². The number of likely N-dealkylation sites (tertiary alicyclic amines) is 1. The molecule has 34 heavy (non-hydrogen) atoms. The number of piperidine rings is 1. The predicted octanol–water partition coefficient (Wildman–Crippen LogP) is 5.68. The van der Waals surface area contributed by atoms with Gasteiger partial charge in [-0.1, -0.05) is 12.1 Å². The summed E-state index contributed by atoms with van der Waals surface area (Å²) in [5, 5.41) is 5.06. The van der Waals surface area contributed by atoms with Crippen LogP contribution in [-0.4, -0.2) is 41.6 Å². The van der Waals surface area contributed by atoms with E-state index in [1.165, 1.54) is 0 Å². The van der Waals surface area contributed by atoms with Crippen LogP contribution in [0.1, 0.15) is 41.7 Å². The number of hydrogen-bond donors (Lipinski definition) is 1. The number of allylic oxidation sites excluding steroid dienone is 4. The second-order valence-electron chi connectivity index (χ2n) is 9.09. The van der Waals surface area contributed by atoms with Crippen molar-refractivity contribution in [3.8, 4) is 0 Å². The van der Waals surface area contributed by atoms with Gasteiger partial charge in [-0.25, -0.2) is 0 Å². The molecule has 7 heteroatoms. The van der Waals surface area contributed by atoms with Gasteiger partial charge >= 0.3 is 0 Å². The number of thiophene rings is 1. The van der Waals surface area contributed by atoms with Gasteiger partial charge in [-0.2, -0.15) is 0 Å². The van der Waals surface area contributed by atoms with Crippen LogP contribution in [0.5, 0.6) is 0 Å². The summed E-state index contributed by atoms with van der Waals surface area (Å²) >= 11 is 1.64. The molecule has 1 N–H and O–H groups in total. The first-order valence-corrected chi connectivity index (χ1v) is 12.7. The number of nitrogens with zero attached hydrogens (tertiary/aromatic N) is 2. The molecule has 178 valence electrons. The molecule has 6 nitrogen and oxygen atoms in total. The molecule has 1 amide bonds. The third-order valence-corrected chi connectivity index (χ3v) is 7.42. The normalized spacial score (nSPS) is 17.4. The first-order chi connectivity index (χ1) is 16.5. The number of fused-ring (bicyclic) bond motifs is 1. The Hall–Kier alpha value is -3.03. The molecule has 1 fully saturated rings. The summed E-state index contributed by atoms with van der Waals surface area (Å²) in [6.45, 7) is 2.67. The first kappa shape index (κ1) is 22.7. The summed E-state index contributed by atoms with van der Waals surface area (Å²) in [6.07, 6.45) is 8.33. The molecule has 1 aliphatic heterocycles. The fourth-order valence-electron chi connectivity index (χ4n) is 4.51. The summed E-state index contributed by atoms with van der Waals surface area (Å²) in [5.74, 6) is 1.92. The van der Waals surface area contributed by atoms with E-state index in [-0.39, 0.29) is 5.91 Å². The molecule has 2 aromatic heterocycles. The summed E-state index contributed by atoms with van der Waals surface area (Å²) in [7, 11) is 4.09. The molecule has 5 rings (SSSR count). The monoisotopic (exact) mass is 477 g/mol. The molecule has 0 saturated carbocycles. The van der Waals surface area contributed by atoms with E-state index in [0.29, 0.717) is 18.4 Å². The Morgan fingerprint density at radius 3 is 2.65 bits per heavy atom. The second kappa shape index (κ2) is 10.1. The van der Waals surface area contributed by atoms with Crippen LogP contribution in [0.3, 0.4) is 0 Å². The van der Waals surface area contributed by atoms with E-state index in [1.54, 1.807) is 11.3 Å². The van der Waals surface area contributed by atoms with Gasteiger partial charge in [-0.3, -0.25) is 4.79 Å². The van der Waals surface area contributed by atoms with E-state index in [4.69, 9.17) is 9.47 Å². The van der Waals surface area contributed by atoms with Crippen molar-refractivity contribution >= 4 is 33.1 Å². The smallest absolute Gasteiger partial charge is 0.272 e. The van der Waals surface area contributed by atoms with Gasteiger partial charge in [0.05, 0.1) is 21.7 Å². The van der Waals surface area contributed by atoms with E-state index in [0.717, 1.165) is 71.8 Å². The minimum Gasteiger partial charge on any atom is -0.495 e. The van der Waals surface area contributed by atoms with Crippen LogP contribution in [0.15, 0.2) is 65.4 Å². The van der Waals surface area contributed by atoms with Gasteiger partial charge in [0.15, 0.2) is 0 Å². The average Bonchev–Trinajstić information content (AvgIpc) is 3.43. The third kappa shape index (κ3) is 5.21. The lowest BCUT2D eigenvalue weighted by Gasteiger charge is -2.30. The number of nitrogens with one attached hydrogen (secondary N) is 1. The molecular weight excluding hydrogens is 446 g/mol. The van der Waals surface area contributed by atoms with Crippen LogP contribution in [0, 0.1) is 0 Å². The molecule has 1 aromatic carbocycles. The first-order valence-electron chi connectivity index (χ1n) is 11.9. The highest BCUT2D eigenvalue weighted by Gasteiger charge is 2.20. The van der Waals surface area contributed by atoms with Crippen molar-refractivity contribution in [2.75, 3.05) is 25.5 Å². The van der Waals surface area contributed by atoms with Gasteiger partial charge in [0.1, 0.15) is 18.4 Å². The molecular formula is C27H31N3O3S. The van der Waals surface area contributed by atoms with Crippen molar-refractivity contribution in [1.82, 2.24) is 9.47 Å². The van der Waals surface area contributed by atoms with Gasteiger partial charge < -0.3 is 24.3 Å². The Bertz CT molecular complexity index is 1230. The van der Waals surface area contributed by atoms with E-state index in [9.17, 15) is 4.79 Å². The highest BCUT2D eigenvalue weighted by Crippen LogP contribution is 2.26. The SMILES string of the molecule is CN1CCC(OC2=CC=C(OCc3cccc(NC(=O)c4cc5sccc5n4C)c3)CC2)CC1. The van der Waals surface area contributed by atoms with Gasteiger partial charge in [0.25, 0.3) is 5.91 Å². The summed E-state index contributed by atoms with van der Waals surface area (Å²) < 4.78 is 15.3. The molecule has 0 unspecified atom stereocenters. The zero-order valence-corrected chi connectivity index (χ0v) is 20.6. The maximum absolute atomic E-state index is 12.8. The second-order valence-corrected chi connectivity index (χ2v) is 10.0. The fraction of sp³-hybridized carbons (Fsp3) is 0.370. The van der Waals surface area contributed by atoms with Gasteiger partial charge in [0, 0.05) is 38.7 Å². The number of carbonyl (C=O) groups is 1. The Kier molecular flexibility index (Phi) is 6.74. The van der Waals surface area contributed by atoms with Crippen LogP contribution >= 0.6 is 11.3 Å². The molecule has 1 saturated heterocycles. The molecule has 0 bridgehead atoms. The van der Waals surface area contributed by atoms with Gasteiger partial charge in [-0.15, -0.1) is 11.3 Å². The number of rotatable bonds is 7.